The Morgan fingerprint density at radius 3 is 2.47 bits per heavy atom. The van der Waals surface area contributed by atoms with Gasteiger partial charge in [0.05, 0.1) is 18.6 Å². The first-order valence-electron chi connectivity index (χ1n) is 14.7. The molecule has 4 aliphatic rings. The van der Waals surface area contributed by atoms with Gasteiger partial charge in [0.1, 0.15) is 0 Å². The van der Waals surface area contributed by atoms with Crippen molar-refractivity contribution in [1.82, 2.24) is 0 Å². The lowest BCUT2D eigenvalue weighted by Crippen LogP contribution is -2.54. The van der Waals surface area contributed by atoms with Gasteiger partial charge in [0.15, 0.2) is 0 Å². The van der Waals surface area contributed by atoms with E-state index in [0.717, 1.165) is 31.3 Å². The first-order valence-corrected chi connectivity index (χ1v) is 14.7. The number of rotatable bonds is 9. The van der Waals surface area contributed by atoms with Gasteiger partial charge in [-0.3, -0.25) is 9.59 Å². The van der Waals surface area contributed by atoms with Gasteiger partial charge in [-0.15, -0.1) is 0 Å². The molecule has 0 bridgehead atoms. The number of aliphatic hydroxyl groups is 1. The standard InChI is InChI=1S/C33H50O5/c1-20(2)21(3)9-10-23(29(36)37)28-26(35)17-33(8)25-11-12-27-30(4,5)22(18-38-19-34)13-15-31(27,6)24(25)14-16-32(28,33)7/h11,14,19-20,22-23,26-28,35H,3,9-10,12-13,15-18H2,1-2,4-8H3,(H,36,37)/t22?,23-,26-,27+,28+,31-,32-,33+/m1/s1. The number of carbonyl (C=O) groups excluding carboxylic acids is 1. The summed E-state index contributed by atoms with van der Waals surface area (Å²) in [5.41, 5.74) is 3.26. The normalized spacial score (nSPS) is 40.2. The maximum Gasteiger partial charge on any atom is 0.306 e. The molecule has 4 rings (SSSR count). The largest absolute Gasteiger partial charge is 0.481 e. The van der Waals surface area contributed by atoms with Crippen molar-refractivity contribution in [3.8, 4) is 0 Å². The molecule has 2 N–H and O–H groups in total. The number of aliphatic carboxylic acids is 1. The van der Waals surface area contributed by atoms with Crippen LogP contribution in [0.2, 0.25) is 0 Å². The van der Waals surface area contributed by atoms with E-state index >= 15 is 0 Å². The number of hydrogen-bond acceptors (Lipinski definition) is 4. The van der Waals surface area contributed by atoms with Crippen LogP contribution in [-0.4, -0.2) is 35.4 Å². The number of carboxylic acid groups (broad SMARTS) is 1. The molecular formula is C33H50O5. The van der Waals surface area contributed by atoms with E-state index in [1.54, 1.807) is 0 Å². The first-order chi connectivity index (χ1) is 17.6. The summed E-state index contributed by atoms with van der Waals surface area (Å²) in [5, 5.41) is 21.9. The second-order valence-electron chi connectivity index (χ2n) is 14.5. The van der Waals surface area contributed by atoms with Gasteiger partial charge in [-0.05, 0) is 90.1 Å². The number of aliphatic hydroxyl groups excluding tert-OH is 1. The van der Waals surface area contributed by atoms with Crippen LogP contribution in [0.3, 0.4) is 0 Å². The molecule has 8 atom stereocenters. The molecule has 0 aromatic carbocycles. The summed E-state index contributed by atoms with van der Waals surface area (Å²) < 4.78 is 5.24. The molecule has 0 heterocycles. The van der Waals surface area contributed by atoms with E-state index in [4.69, 9.17) is 4.74 Å². The molecule has 5 heteroatoms. The molecule has 1 unspecified atom stereocenters. The summed E-state index contributed by atoms with van der Waals surface area (Å²) in [5.74, 6) is -0.607. The van der Waals surface area contributed by atoms with Gasteiger partial charge in [-0.1, -0.05) is 72.8 Å². The van der Waals surface area contributed by atoms with Gasteiger partial charge >= 0.3 is 5.97 Å². The van der Waals surface area contributed by atoms with Gasteiger partial charge in [-0.25, -0.2) is 0 Å². The Morgan fingerprint density at radius 1 is 1.18 bits per heavy atom. The minimum Gasteiger partial charge on any atom is -0.481 e. The SMILES string of the molecule is C=C(CC[C@@H](C(=O)O)[C@H]1[C@H](O)C[C@@]2(C)C3=CC[C@H]4C(C)(C)C(COC=O)CC[C@]4(C)C3=CC[C@]12C)C(C)C. The Balaban J connectivity index is 1.69. The van der Waals surface area contributed by atoms with Gasteiger partial charge < -0.3 is 14.9 Å². The predicted octanol–water partition coefficient (Wildman–Crippen LogP) is 6.96. The number of ether oxygens (including phenoxy) is 1. The quantitative estimate of drug-likeness (QED) is 0.250. The number of hydrogen-bond donors (Lipinski definition) is 2. The molecule has 0 aromatic heterocycles. The number of carbonyl (C=O) groups is 2. The van der Waals surface area contributed by atoms with Crippen molar-refractivity contribution in [2.24, 2.45) is 51.2 Å². The van der Waals surface area contributed by atoms with Gasteiger partial charge in [-0.2, -0.15) is 0 Å². The van der Waals surface area contributed by atoms with Crippen molar-refractivity contribution >= 4 is 12.4 Å². The van der Waals surface area contributed by atoms with Crippen molar-refractivity contribution in [1.29, 1.82) is 0 Å². The molecule has 0 saturated heterocycles. The van der Waals surface area contributed by atoms with E-state index in [0.29, 0.717) is 50.1 Å². The molecule has 2 fully saturated rings. The van der Waals surface area contributed by atoms with Crippen LogP contribution in [0.15, 0.2) is 35.5 Å². The fourth-order valence-corrected chi connectivity index (χ4v) is 9.45. The van der Waals surface area contributed by atoms with Crippen LogP contribution >= 0.6 is 0 Å². The fraction of sp³-hybridized carbons (Fsp3) is 0.758. The summed E-state index contributed by atoms with van der Waals surface area (Å²) in [4.78, 5) is 23.5. The van der Waals surface area contributed by atoms with E-state index < -0.39 is 18.0 Å². The predicted molar refractivity (Wildman–Crippen MR) is 150 cm³/mol. The smallest absolute Gasteiger partial charge is 0.306 e. The zero-order valence-electron chi connectivity index (χ0n) is 24.7. The summed E-state index contributed by atoms with van der Waals surface area (Å²) in [7, 11) is 0. The maximum absolute atomic E-state index is 12.6. The van der Waals surface area contributed by atoms with Crippen LogP contribution in [-0.2, 0) is 14.3 Å². The monoisotopic (exact) mass is 526 g/mol. The molecule has 0 radical (unpaired) electrons. The van der Waals surface area contributed by atoms with Crippen LogP contribution in [0.1, 0.15) is 93.4 Å². The highest BCUT2D eigenvalue weighted by atomic mass is 16.5. The summed E-state index contributed by atoms with van der Waals surface area (Å²) in [6, 6.07) is 0. The Hall–Kier alpha value is -1.88. The summed E-state index contributed by atoms with van der Waals surface area (Å²) in [6.07, 6.45) is 9.79. The zero-order chi connectivity index (χ0) is 28.3. The van der Waals surface area contributed by atoms with E-state index in [9.17, 15) is 19.8 Å². The molecule has 212 valence electrons. The topological polar surface area (TPSA) is 83.8 Å². The molecule has 5 nitrogen and oxygen atoms in total. The Kier molecular flexibility index (Phi) is 7.62. The first kappa shape index (κ1) is 29.1. The van der Waals surface area contributed by atoms with Crippen LogP contribution < -0.4 is 0 Å². The van der Waals surface area contributed by atoms with Crippen LogP contribution in [0.4, 0.5) is 0 Å². The lowest BCUT2D eigenvalue weighted by atomic mass is 9.43. The number of allylic oxidation sites excluding steroid dienone is 5. The molecule has 0 aromatic rings. The summed E-state index contributed by atoms with van der Waals surface area (Å²) >= 11 is 0. The molecule has 38 heavy (non-hydrogen) atoms. The Labute approximate surface area is 229 Å². The third kappa shape index (κ3) is 4.22. The molecule has 4 aliphatic carbocycles. The van der Waals surface area contributed by atoms with E-state index in [2.05, 4.69) is 67.2 Å². The third-order valence-electron chi connectivity index (χ3n) is 12.3. The second-order valence-corrected chi connectivity index (χ2v) is 14.5. The molecule has 0 amide bonds. The molecule has 2 saturated carbocycles. The highest BCUT2D eigenvalue weighted by Gasteiger charge is 2.66. The second kappa shape index (κ2) is 9.94. The van der Waals surface area contributed by atoms with Gasteiger partial charge in [0, 0.05) is 11.3 Å². The van der Waals surface area contributed by atoms with Crippen molar-refractivity contribution in [3.05, 3.63) is 35.5 Å². The Bertz CT molecular complexity index is 1040. The van der Waals surface area contributed by atoms with E-state index in [-0.39, 0.29) is 27.6 Å². The third-order valence-corrected chi connectivity index (χ3v) is 12.3. The van der Waals surface area contributed by atoms with Crippen LogP contribution in [0.5, 0.6) is 0 Å². The van der Waals surface area contributed by atoms with Gasteiger partial charge in [0.25, 0.3) is 6.47 Å². The average molecular weight is 527 g/mol. The van der Waals surface area contributed by atoms with Crippen molar-refractivity contribution < 1.29 is 24.5 Å². The molecular weight excluding hydrogens is 476 g/mol. The highest BCUT2D eigenvalue weighted by Crippen LogP contribution is 2.72. The zero-order valence-corrected chi connectivity index (χ0v) is 24.7. The number of carboxylic acids is 1. The van der Waals surface area contributed by atoms with Crippen LogP contribution in [0, 0.1) is 51.2 Å². The van der Waals surface area contributed by atoms with Crippen LogP contribution in [0.25, 0.3) is 0 Å². The van der Waals surface area contributed by atoms with Crippen molar-refractivity contribution in [2.45, 2.75) is 99.5 Å². The Morgan fingerprint density at radius 2 is 1.87 bits per heavy atom. The molecule has 0 aliphatic heterocycles. The fourth-order valence-electron chi connectivity index (χ4n) is 9.45. The lowest BCUT2D eigenvalue weighted by Gasteiger charge is -2.61. The maximum atomic E-state index is 12.6. The van der Waals surface area contributed by atoms with Gasteiger partial charge in [0.2, 0.25) is 0 Å². The molecule has 0 spiro atoms. The minimum absolute atomic E-state index is 0.0137. The van der Waals surface area contributed by atoms with E-state index in [1.807, 2.05) is 0 Å². The lowest BCUT2D eigenvalue weighted by molar-refractivity contribution is -0.148. The summed E-state index contributed by atoms with van der Waals surface area (Å²) in [6.45, 7) is 21.0. The highest BCUT2D eigenvalue weighted by molar-refractivity contribution is 5.71. The van der Waals surface area contributed by atoms with Crippen molar-refractivity contribution in [2.75, 3.05) is 6.61 Å². The minimum atomic E-state index is -0.798. The number of fused-ring (bicyclic) bond motifs is 5. The van der Waals surface area contributed by atoms with E-state index in [1.165, 1.54) is 11.1 Å². The van der Waals surface area contributed by atoms with Crippen molar-refractivity contribution in [3.63, 3.8) is 0 Å². The average Bonchev–Trinajstić information content (AvgIpc) is 3.03.